The molecule has 88 valence electrons. The van der Waals surface area contributed by atoms with Gasteiger partial charge in [0.1, 0.15) is 12.4 Å². The number of halogens is 1. The highest BCUT2D eigenvalue weighted by molar-refractivity contribution is 9.10. The van der Waals surface area contributed by atoms with E-state index >= 15 is 0 Å². The van der Waals surface area contributed by atoms with Crippen molar-refractivity contribution in [1.29, 1.82) is 0 Å². The Kier molecular flexibility index (Phi) is 3.64. The fraction of sp³-hybridized carbons (Fsp3) is 0.154. The number of ether oxygens (including phenoxy) is 1. The van der Waals surface area contributed by atoms with Crippen molar-refractivity contribution in [1.82, 2.24) is 4.98 Å². The molecule has 0 fully saturated rings. The molecule has 3 nitrogen and oxygen atoms in total. The molecule has 17 heavy (non-hydrogen) atoms. The van der Waals surface area contributed by atoms with Gasteiger partial charge >= 0.3 is 0 Å². The van der Waals surface area contributed by atoms with Gasteiger partial charge in [-0.2, -0.15) is 0 Å². The van der Waals surface area contributed by atoms with Gasteiger partial charge in [0.25, 0.3) is 0 Å². The van der Waals surface area contributed by atoms with Gasteiger partial charge in [0.2, 0.25) is 0 Å². The van der Waals surface area contributed by atoms with Crippen LogP contribution < -0.4 is 10.5 Å². The van der Waals surface area contributed by atoms with Crippen molar-refractivity contribution in [2.24, 2.45) is 0 Å². The van der Waals surface area contributed by atoms with Crippen molar-refractivity contribution in [3.63, 3.8) is 0 Å². The van der Waals surface area contributed by atoms with Gasteiger partial charge in [0.05, 0.1) is 11.4 Å². The number of aromatic nitrogens is 1. The Bertz CT molecular complexity index is 491. The van der Waals surface area contributed by atoms with Gasteiger partial charge in [-0.05, 0) is 46.6 Å². The standard InChI is InChI=1S/C13H13BrN2O/c1-9-3-2-4-12(15)13(9)17-8-11-6-5-10(14)7-16-11/h2-7H,8,15H2,1H3. The first kappa shape index (κ1) is 11.9. The molecule has 0 bridgehead atoms. The zero-order valence-electron chi connectivity index (χ0n) is 9.48. The first-order valence-electron chi connectivity index (χ1n) is 5.25. The van der Waals surface area contributed by atoms with Crippen LogP contribution >= 0.6 is 15.9 Å². The summed E-state index contributed by atoms with van der Waals surface area (Å²) in [6.07, 6.45) is 1.75. The average molecular weight is 293 g/mol. The lowest BCUT2D eigenvalue weighted by Crippen LogP contribution is -2.01. The third-order valence-electron chi connectivity index (χ3n) is 2.40. The third kappa shape index (κ3) is 2.97. The smallest absolute Gasteiger partial charge is 0.145 e. The van der Waals surface area contributed by atoms with Gasteiger partial charge in [0, 0.05) is 10.7 Å². The van der Waals surface area contributed by atoms with E-state index in [2.05, 4.69) is 20.9 Å². The maximum atomic E-state index is 5.86. The third-order valence-corrected chi connectivity index (χ3v) is 2.86. The summed E-state index contributed by atoms with van der Waals surface area (Å²) in [5.74, 6) is 0.734. The molecule has 2 N–H and O–H groups in total. The Balaban J connectivity index is 2.10. The number of nitrogen functional groups attached to an aromatic ring is 1. The number of rotatable bonds is 3. The first-order valence-corrected chi connectivity index (χ1v) is 6.04. The lowest BCUT2D eigenvalue weighted by atomic mass is 10.2. The number of benzene rings is 1. The lowest BCUT2D eigenvalue weighted by molar-refractivity contribution is 0.301. The van der Waals surface area contributed by atoms with Gasteiger partial charge < -0.3 is 10.5 Å². The minimum atomic E-state index is 0.419. The van der Waals surface area contributed by atoms with E-state index in [-0.39, 0.29) is 0 Å². The fourth-order valence-corrected chi connectivity index (χ4v) is 1.74. The van der Waals surface area contributed by atoms with E-state index in [1.54, 1.807) is 6.20 Å². The van der Waals surface area contributed by atoms with Crippen molar-refractivity contribution in [3.05, 3.63) is 52.3 Å². The summed E-state index contributed by atoms with van der Waals surface area (Å²) in [6.45, 7) is 2.39. The van der Waals surface area contributed by atoms with Crippen LogP contribution in [-0.4, -0.2) is 4.98 Å². The van der Waals surface area contributed by atoms with Crippen LogP contribution in [0.2, 0.25) is 0 Å². The monoisotopic (exact) mass is 292 g/mol. The molecule has 0 amide bonds. The van der Waals surface area contributed by atoms with E-state index in [0.717, 1.165) is 21.5 Å². The summed E-state index contributed by atoms with van der Waals surface area (Å²) in [5.41, 5.74) is 8.41. The van der Waals surface area contributed by atoms with Crippen molar-refractivity contribution in [3.8, 4) is 5.75 Å². The van der Waals surface area contributed by atoms with Gasteiger partial charge in [0.15, 0.2) is 0 Å². The van der Waals surface area contributed by atoms with Crippen LogP contribution in [0.4, 0.5) is 5.69 Å². The van der Waals surface area contributed by atoms with Crippen LogP contribution in [0, 0.1) is 6.92 Å². The topological polar surface area (TPSA) is 48.1 Å². The van der Waals surface area contributed by atoms with Crippen LogP contribution in [-0.2, 0) is 6.61 Å². The number of aryl methyl sites for hydroxylation is 1. The molecule has 0 saturated carbocycles. The molecular weight excluding hydrogens is 280 g/mol. The predicted molar refractivity (Wildman–Crippen MR) is 71.9 cm³/mol. The number of nitrogens with zero attached hydrogens (tertiary/aromatic N) is 1. The molecular formula is C13H13BrN2O. The van der Waals surface area contributed by atoms with Gasteiger partial charge in [-0.15, -0.1) is 0 Å². The summed E-state index contributed by atoms with van der Waals surface area (Å²) in [6, 6.07) is 9.57. The van der Waals surface area contributed by atoms with E-state index < -0.39 is 0 Å². The van der Waals surface area contributed by atoms with Gasteiger partial charge in [-0.1, -0.05) is 12.1 Å². The molecule has 1 heterocycles. The normalized spacial score (nSPS) is 10.2. The molecule has 0 aliphatic heterocycles. The molecule has 4 heteroatoms. The highest BCUT2D eigenvalue weighted by Crippen LogP contribution is 2.26. The molecule has 1 aromatic carbocycles. The highest BCUT2D eigenvalue weighted by Gasteiger charge is 2.04. The van der Waals surface area contributed by atoms with Gasteiger partial charge in [-0.3, -0.25) is 4.98 Å². The second-order valence-electron chi connectivity index (χ2n) is 3.75. The quantitative estimate of drug-likeness (QED) is 0.883. The van der Waals surface area contributed by atoms with Gasteiger partial charge in [-0.25, -0.2) is 0 Å². The molecule has 0 saturated heterocycles. The summed E-state index contributed by atoms with van der Waals surface area (Å²) in [5, 5.41) is 0. The number of hydrogen-bond donors (Lipinski definition) is 1. The Morgan fingerprint density at radius 1 is 1.29 bits per heavy atom. The maximum absolute atomic E-state index is 5.86. The molecule has 0 atom stereocenters. The Hall–Kier alpha value is -1.55. The van der Waals surface area contributed by atoms with E-state index in [1.807, 2.05) is 37.3 Å². The zero-order valence-corrected chi connectivity index (χ0v) is 11.1. The van der Waals surface area contributed by atoms with E-state index in [0.29, 0.717) is 12.3 Å². The van der Waals surface area contributed by atoms with Crippen molar-refractivity contribution in [2.75, 3.05) is 5.73 Å². The lowest BCUT2D eigenvalue weighted by Gasteiger charge is -2.11. The Morgan fingerprint density at radius 2 is 2.12 bits per heavy atom. The van der Waals surface area contributed by atoms with Crippen molar-refractivity contribution < 1.29 is 4.74 Å². The van der Waals surface area contributed by atoms with Crippen LogP contribution in [0.15, 0.2) is 41.0 Å². The maximum Gasteiger partial charge on any atom is 0.145 e. The number of hydrogen-bond acceptors (Lipinski definition) is 3. The number of nitrogens with two attached hydrogens (primary N) is 1. The van der Waals surface area contributed by atoms with E-state index in [9.17, 15) is 0 Å². The number of para-hydroxylation sites is 1. The van der Waals surface area contributed by atoms with Crippen LogP contribution in [0.5, 0.6) is 5.75 Å². The zero-order chi connectivity index (χ0) is 12.3. The number of pyridine rings is 1. The fourth-order valence-electron chi connectivity index (χ4n) is 1.51. The van der Waals surface area contributed by atoms with Crippen LogP contribution in [0.1, 0.15) is 11.3 Å². The molecule has 0 radical (unpaired) electrons. The molecule has 2 aromatic rings. The summed E-state index contributed by atoms with van der Waals surface area (Å²) in [4.78, 5) is 4.24. The largest absolute Gasteiger partial charge is 0.485 e. The first-order chi connectivity index (χ1) is 8.16. The molecule has 2 rings (SSSR count). The minimum absolute atomic E-state index is 0.419. The summed E-state index contributed by atoms with van der Waals surface area (Å²) < 4.78 is 6.65. The summed E-state index contributed by atoms with van der Waals surface area (Å²) >= 11 is 3.34. The molecule has 0 unspecified atom stereocenters. The van der Waals surface area contributed by atoms with E-state index in [1.165, 1.54) is 0 Å². The average Bonchev–Trinajstić information content (AvgIpc) is 2.31. The number of anilines is 1. The molecule has 1 aromatic heterocycles. The predicted octanol–water partition coefficient (Wildman–Crippen LogP) is 3.31. The minimum Gasteiger partial charge on any atom is -0.485 e. The second-order valence-corrected chi connectivity index (χ2v) is 4.67. The van der Waals surface area contributed by atoms with E-state index in [4.69, 9.17) is 10.5 Å². The van der Waals surface area contributed by atoms with Crippen molar-refractivity contribution >= 4 is 21.6 Å². The van der Waals surface area contributed by atoms with Crippen LogP contribution in [0.25, 0.3) is 0 Å². The Labute approximate surface area is 109 Å². The molecule has 0 spiro atoms. The Morgan fingerprint density at radius 3 is 2.76 bits per heavy atom. The highest BCUT2D eigenvalue weighted by atomic mass is 79.9. The SMILES string of the molecule is Cc1cccc(N)c1OCc1ccc(Br)cn1. The van der Waals surface area contributed by atoms with Crippen LogP contribution in [0.3, 0.4) is 0 Å². The molecule has 0 aliphatic rings. The summed E-state index contributed by atoms with van der Waals surface area (Å²) in [7, 11) is 0. The molecule has 0 aliphatic carbocycles. The van der Waals surface area contributed by atoms with Crippen molar-refractivity contribution in [2.45, 2.75) is 13.5 Å². The second kappa shape index (κ2) is 5.19.